The van der Waals surface area contributed by atoms with Crippen LogP contribution in [0.1, 0.15) is 17.3 Å². The number of aromatic amines is 1. The Labute approximate surface area is 232 Å². The van der Waals surface area contributed by atoms with Crippen molar-refractivity contribution in [2.24, 2.45) is 0 Å². The number of hydrogen-bond acceptors (Lipinski definition) is 8. The Balaban J connectivity index is 1.23. The van der Waals surface area contributed by atoms with Crippen LogP contribution in [0.25, 0.3) is 27.7 Å². The molecule has 0 saturated carbocycles. The summed E-state index contributed by atoms with van der Waals surface area (Å²) in [5.41, 5.74) is 3.31. The molecule has 1 atom stereocenters. The zero-order valence-electron chi connectivity index (χ0n) is 22.3. The Bertz CT molecular complexity index is 1720. The van der Waals surface area contributed by atoms with Gasteiger partial charge in [-0.15, -0.1) is 0 Å². The third kappa shape index (κ3) is 5.37. The van der Waals surface area contributed by atoms with Crippen molar-refractivity contribution in [1.29, 1.82) is 0 Å². The van der Waals surface area contributed by atoms with Crippen molar-refractivity contribution in [2.45, 2.75) is 19.1 Å². The minimum Gasteiger partial charge on any atom is -0.354 e. The Morgan fingerprint density at radius 3 is 2.68 bits per heavy atom. The molecule has 0 radical (unpaired) electrons. The van der Waals surface area contributed by atoms with Crippen molar-refractivity contribution in [3.63, 3.8) is 0 Å². The van der Waals surface area contributed by atoms with Crippen LogP contribution < -0.4 is 15.5 Å². The number of amides is 1. The molecule has 0 aromatic carbocycles. The zero-order chi connectivity index (χ0) is 28.7. The van der Waals surface area contributed by atoms with Crippen LogP contribution in [-0.2, 0) is 0 Å². The molecular formula is C27H27F3N10O. The molecule has 1 aliphatic heterocycles. The molecule has 41 heavy (non-hydrogen) atoms. The van der Waals surface area contributed by atoms with E-state index in [1.807, 2.05) is 17.4 Å². The molecule has 6 rings (SSSR count). The van der Waals surface area contributed by atoms with E-state index in [2.05, 4.69) is 47.2 Å². The van der Waals surface area contributed by atoms with E-state index in [1.165, 1.54) is 10.7 Å². The summed E-state index contributed by atoms with van der Waals surface area (Å²) in [7, 11) is 2.11. The molecule has 212 valence electrons. The number of hydrogen-bond donors (Lipinski definition) is 3. The summed E-state index contributed by atoms with van der Waals surface area (Å²) in [5, 5.41) is 10.1. The first-order chi connectivity index (χ1) is 19.7. The number of carbonyl (C=O) groups is 1. The van der Waals surface area contributed by atoms with E-state index in [9.17, 15) is 18.0 Å². The summed E-state index contributed by atoms with van der Waals surface area (Å²) in [6, 6.07) is 5.34. The lowest BCUT2D eigenvalue weighted by molar-refractivity contribution is -0.149. The highest BCUT2D eigenvalue weighted by Crippen LogP contribution is 2.30. The third-order valence-corrected chi connectivity index (χ3v) is 7.18. The van der Waals surface area contributed by atoms with Gasteiger partial charge in [-0.1, -0.05) is 0 Å². The van der Waals surface area contributed by atoms with E-state index < -0.39 is 18.1 Å². The highest BCUT2D eigenvalue weighted by molar-refractivity contribution is 6.02. The number of carbonyl (C=O) groups excluding carboxylic acids is 1. The lowest BCUT2D eigenvalue weighted by Gasteiger charge is -2.33. The van der Waals surface area contributed by atoms with E-state index in [-0.39, 0.29) is 5.56 Å². The maximum atomic E-state index is 13.0. The Hall–Kier alpha value is -4.72. The topological polar surface area (TPSA) is 119 Å². The van der Waals surface area contributed by atoms with E-state index in [0.717, 1.165) is 61.1 Å². The van der Waals surface area contributed by atoms with Gasteiger partial charge in [0.05, 0.1) is 17.3 Å². The predicted octanol–water partition coefficient (Wildman–Crippen LogP) is 3.84. The SMILES string of the molecule is C[C@@H](NC(=O)c1cnn2ccc(-c3c[nH]c4nc(Nc5ccnc(N6CCN(C)CC6)c5)ncc34)cc12)C(F)(F)F. The maximum Gasteiger partial charge on any atom is 0.408 e. The van der Waals surface area contributed by atoms with E-state index in [0.29, 0.717) is 17.1 Å². The highest BCUT2D eigenvalue weighted by Gasteiger charge is 2.37. The average molecular weight is 565 g/mol. The first kappa shape index (κ1) is 26.5. The van der Waals surface area contributed by atoms with Gasteiger partial charge in [0.2, 0.25) is 5.95 Å². The number of H-pyrrole nitrogens is 1. The summed E-state index contributed by atoms with van der Waals surface area (Å²) >= 11 is 0. The van der Waals surface area contributed by atoms with Gasteiger partial charge in [-0.3, -0.25) is 4.79 Å². The number of nitrogens with zero attached hydrogens (tertiary/aromatic N) is 7. The zero-order valence-corrected chi connectivity index (χ0v) is 22.3. The molecule has 0 spiro atoms. The third-order valence-electron chi connectivity index (χ3n) is 7.18. The Morgan fingerprint density at radius 1 is 1.10 bits per heavy atom. The van der Waals surface area contributed by atoms with Crippen molar-refractivity contribution >= 4 is 39.9 Å². The van der Waals surface area contributed by atoms with E-state index in [4.69, 9.17) is 0 Å². The summed E-state index contributed by atoms with van der Waals surface area (Å²) in [4.78, 5) is 33.9. The molecule has 1 aliphatic rings. The molecule has 11 nitrogen and oxygen atoms in total. The van der Waals surface area contributed by atoms with Gasteiger partial charge in [-0.25, -0.2) is 14.5 Å². The van der Waals surface area contributed by atoms with E-state index in [1.54, 1.807) is 36.9 Å². The number of pyridine rings is 2. The molecule has 5 aromatic heterocycles. The van der Waals surface area contributed by atoms with Crippen molar-refractivity contribution in [3.05, 3.63) is 60.8 Å². The van der Waals surface area contributed by atoms with Crippen LogP contribution in [-0.4, -0.2) is 85.8 Å². The number of alkyl halides is 3. The standard InChI is InChI=1S/C27H27F3N10O/c1-16(27(28,29)30)35-25(41)21-15-34-40-6-4-17(11-22(21)40)19-13-32-24-20(19)14-33-26(37-24)36-18-3-5-31-23(12-18)39-9-7-38(2)8-10-39/h3-6,11-16H,7-10H2,1-2H3,(H,35,41)(H2,31,32,33,36,37)/t16-/m1/s1. The van der Waals surface area contributed by atoms with Crippen LogP contribution >= 0.6 is 0 Å². The quantitative estimate of drug-likeness (QED) is 0.285. The van der Waals surface area contributed by atoms with Gasteiger partial charge in [-0.2, -0.15) is 23.3 Å². The molecule has 1 saturated heterocycles. The molecule has 0 aliphatic carbocycles. The van der Waals surface area contributed by atoms with Gasteiger partial charge in [-0.05, 0) is 37.7 Å². The second kappa shape index (κ2) is 10.4. The number of fused-ring (bicyclic) bond motifs is 2. The van der Waals surface area contributed by atoms with Crippen LogP contribution in [0, 0.1) is 0 Å². The molecule has 1 amide bonds. The van der Waals surface area contributed by atoms with Gasteiger partial charge < -0.3 is 25.4 Å². The maximum absolute atomic E-state index is 13.0. The fourth-order valence-electron chi connectivity index (χ4n) is 4.72. The smallest absolute Gasteiger partial charge is 0.354 e. The average Bonchev–Trinajstić information content (AvgIpc) is 3.57. The van der Waals surface area contributed by atoms with Gasteiger partial charge in [0.15, 0.2) is 0 Å². The normalized spacial score (nSPS) is 15.4. The number of anilines is 3. The van der Waals surface area contributed by atoms with Crippen molar-refractivity contribution < 1.29 is 18.0 Å². The van der Waals surface area contributed by atoms with Crippen LogP contribution in [0.5, 0.6) is 0 Å². The lowest BCUT2D eigenvalue weighted by Crippen LogP contribution is -2.44. The van der Waals surface area contributed by atoms with Gasteiger partial charge >= 0.3 is 6.18 Å². The fourth-order valence-corrected chi connectivity index (χ4v) is 4.72. The van der Waals surface area contributed by atoms with Crippen molar-refractivity contribution in [1.82, 2.24) is 39.8 Å². The van der Waals surface area contributed by atoms with Gasteiger partial charge in [0, 0.05) is 73.7 Å². The monoisotopic (exact) mass is 564 g/mol. The minimum atomic E-state index is -4.55. The molecule has 6 heterocycles. The fraction of sp³-hybridized carbons (Fsp3) is 0.296. The number of halogens is 3. The van der Waals surface area contributed by atoms with Crippen LogP contribution in [0.3, 0.4) is 0 Å². The number of aromatic nitrogens is 6. The second-order valence-electron chi connectivity index (χ2n) is 10.0. The molecule has 14 heteroatoms. The molecular weight excluding hydrogens is 537 g/mol. The lowest BCUT2D eigenvalue weighted by atomic mass is 10.1. The number of nitrogens with one attached hydrogen (secondary N) is 3. The number of likely N-dealkylation sites (N-methyl/N-ethyl adjacent to an activating group) is 1. The molecule has 3 N–H and O–H groups in total. The van der Waals surface area contributed by atoms with Gasteiger partial charge in [0.25, 0.3) is 5.91 Å². The van der Waals surface area contributed by atoms with Crippen molar-refractivity contribution in [2.75, 3.05) is 43.4 Å². The first-order valence-electron chi connectivity index (χ1n) is 13.0. The van der Waals surface area contributed by atoms with Gasteiger partial charge in [0.1, 0.15) is 17.5 Å². The second-order valence-corrected chi connectivity index (χ2v) is 10.0. The number of piperazine rings is 1. The summed E-state index contributed by atoms with van der Waals surface area (Å²) in [5.74, 6) is 0.444. The summed E-state index contributed by atoms with van der Waals surface area (Å²) < 4.78 is 40.3. The first-order valence-corrected chi connectivity index (χ1v) is 13.0. The largest absolute Gasteiger partial charge is 0.408 e. The molecule has 5 aromatic rings. The van der Waals surface area contributed by atoms with Crippen LogP contribution in [0.2, 0.25) is 0 Å². The summed E-state index contributed by atoms with van der Waals surface area (Å²) in [6.45, 7) is 4.67. The molecule has 1 fully saturated rings. The molecule has 0 unspecified atom stereocenters. The van der Waals surface area contributed by atoms with Crippen LogP contribution in [0.4, 0.5) is 30.6 Å². The number of rotatable bonds is 6. The van der Waals surface area contributed by atoms with Crippen molar-refractivity contribution in [3.8, 4) is 11.1 Å². The Morgan fingerprint density at radius 2 is 1.90 bits per heavy atom. The minimum absolute atomic E-state index is 0.0406. The summed E-state index contributed by atoms with van der Waals surface area (Å²) in [6.07, 6.45) is 3.57. The molecule has 0 bridgehead atoms. The highest BCUT2D eigenvalue weighted by atomic mass is 19.4. The predicted molar refractivity (Wildman–Crippen MR) is 148 cm³/mol. The Kier molecular flexibility index (Phi) is 6.69. The van der Waals surface area contributed by atoms with Crippen LogP contribution in [0.15, 0.2) is 55.2 Å². The van der Waals surface area contributed by atoms with E-state index >= 15 is 0 Å².